The summed E-state index contributed by atoms with van der Waals surface area (Å²) >= 11 is 0. The van der Waals surface area contributed by atoms with Gasteiger partial charge < -0.3 is 0 Å². The van der Waals surface area contributed by atoms with Crippen molar-refractivity contribution in [3.8, 4) is 6.07 Å². The lowest BCUT2D eigenvalue weighted by molar-refractivity contribution is 0.384. The van der Waals surface area contributed by atoms with Crippen molar-refractivity contribution < 1.29 is 8.42 Å². The summed E-state index contributed by atoms with van der Waals surface area (Å²) in [5.74, 6) is 0. The Morgan fingerprint density at radius 3 is 1.76 bits per heavy atom. The van der Waals surface area contributed by atoms with Crippen LogP contribution in [0.15, 0.2) is 0 Å². The Hall–Kier alpha value is -0.600. The van der Waals surface area contributed by atoms with Gasteiger partial charge in [0.1, 0.15) is 0 Å². The lowest BCUT2D eigenvalue weighted by Gasteiger charge is -2.24. The van der Waals surface area contributed by atoms with E-state index in [1.54, 1.807) is 4.31 Å². The molecule has 4 nitrogen and oxygen atoms in total. The molecule has 1 atom stereocenters. The molecule has 1 unspecified atom stereocenters. The van der Waals surface area contributed by atoms with E-state index in [1.807, 2.05) is 13.0 Å². The maximum Gasteiger partial charge on any atom is 0.230 e. The fraction of sp³-hybridized carbons (Fsp3) is 0.938. The van der Waals surface area contributed by atoms with E-state index in [4.69, 9.17) is 0 Å². The van der Waals surface area contributed by atoms with E-state index >= 15 is 0 Å². The Labute approximate surface area is 131 Å². The van der Waals surface area contributed by atoms with Crippen molar-refractivity contribution in [3.63, 3.8) is 0 Å². The minimum Gasteiger partial charge on any atom is -0.211 e. The van der Waals surface area contributed by atoms with Crippen LogP contribution < -0.4 is 0 Å². The molecule has 0 radical (unpaired) electrons. The Morgan fingerprint density at radius 2 is 1.38 bits per heavy atom. The van der Waals surface area contributed by atoms with Gasteiger partial charge in [-0.15, -0.1) is 0 Å². The number of unbranched alkanes of at least 4 members (excludes halogenated alkanes) is 5. The summed E-state index contributed by atoms with van der Waals surface area (Å²) in [4.78, 5) is 0. The van der Waals surface area contributed by atoms with Crippen LogP contribution in [-0.4, -0.2) is 31.1 Å². The van der Waals surface area contributed by atoms with Crippen LogP contribution in [0.5, 0.6) is 0 Å². The summed E-state index contributed by atoms with van der Waals surface area (Å²) in [6.07, 6.45) is 8.13. The number of hydrogen-bond donors (Lipinski definition) is 0. The number of hydrogen-bond acceptors (Lipinski definition) is 3. The number of nitriles is 1. The van der Waals surface area contributed by atoms with Gasteiger partial charge in [-0.2, -0.15) is 5.26 Å². The van der Waals surface area contributed by atoms with E-state index in [-0.39, 0.29) is 0 Å². The molecule has 0 aromatic carbocycles. The second-order valence-electron chi connectivity index (χ2n) is 5.62. The molecule has 0 bridgehead atoms. The maximum atomic E-state index is 12.7. The third-order valence-electron chi connectivity index (χ3n) is 3.71. The molecule has 5 heteroatoms. The first-order valence-corrected chi connectivity index (χ1v) is 9.93. The number of sulfonamides is 1. The molecule has 0 rings (SSSR count). The van der Waals surface area contributed by atoms with Crippen LogP contribution in [0.3, 0.4) is 0 Å². The highest BCUT2D eigenvalue weighted by Crippen LogP contribution is 2.17. The molecular formula is C16H32N2O2S. The van der Waals surface area contributed by atoms with Crippen molar-refractivity contribution in [1.82, 2.24) is 4.31 Å². The van der Waals surface area contributed by atoms with Gasteiger partial charge in [0.15, 0.2) is 5.25 Å². The second-order valence-corrected chi connectivity index (χ2v) is 7.73. The van der Waals surface area contributed by atoms with Crippen molar-refractivity contribution in [2.45, 2.75) is 83.8 Å². The lowest BCUT2D eigenvalue weighted by atomic mass is 10.2. The maximum absolute atomic E-state index is 12.7. The minimum atomic E-state index is -3.47. The van der Waals surface area contributed by atoms with Crippen LogP contribution in [0, 0.1) is 11.3 Å². The average molecular weight is 317 g/mol. The molecule has 0 spiro atoms. The highest BCUT2D eigenvalue weighted by Gasteiger charge is 2.30. The van der Waals surface area contributed by atoms with Gasteiger partial charge in [-0.3, -0.25) is 0 Å². The predicted molar refractivity (Wildman–Crippen MR) is 88.5 cm³/mol. The largest absolute Gasteiger partial charge is 0.230 e. The SMILES string of the molecule is CCCCCN(CCCCC)S(=O)(=O)C(C#N)CCCC. The van der Waals surface area contributed by atoms with Crippen LogP contribution in [0.25, 0.3) is 0 Å². The zero-order valence-corrected chi connectivity index (χ0v) is 14.8. The molecule has 0 aliphatic carbocycles. The van der Waals surface area contributed by atoms with Crippen molar-refractivity contribution in [2.24, 2.45) is 0 Å². The Balaban J connectivity index is 4.83. The lowest BCUT2D eigenvalue weighted by Crippen LogP contribution is -2.39. The number of nitrogens with zero attached hydrogens (tertiary/aromatic N) is 2. The summed E-state index contributed by atoms with van der Waals surface area (Å²) in [5.41, 5.74) is 0. The van der Waals surface area contributed by atoms with Crippen molar-refractivity contribution in [2.75, 3.05) is 13.1 Å². The average Bonchev–Trinajstić information content (AvgIpc) is 2.46. The van der Waals surface area contributed by atoms with Crippen LogP contribution in [-0.2, 0) is 10.0 Å². The highest BCUT2D eigenvalue weighted by molar-refractivity contribution is 7.90. The van der Waals surface area contributed by atoms with Gasteiger partial charge in [0, 0.05) is 13.1 Å². The highest BCUT2D eigenvalue weighted by atomic mass is 32.2. The Bertz CT molecular complexity index is 378. The molecule has 0 fully saturated rings. The molecular weight excluding hydrogens is 284 g/mol. The fourth-order valence-electron chi connectivity index (χ4n) is 2.29. The Kier molecular flexibility index (Phi) is 11.7. The zero-order chi connectivity index (χ0) is 16.1. The molecule has 0 N–H and O–H groups in total. The minimum absolute atomic E-state index is 0.452. The molecule has 0 saturated heterocycles. The standard InChI is InChI=1S/C16H32N2O2S/c1-4-7-10-13-18(14-11-8-5-2)21(19,20)16(15-17)12-9-6-3/h16H,4-14H2,1-3H3. The number of rotatable bonds is 13. The summed E-state index contributed by atoms with van der Waals surface area (Å²) in [6.45, 7) is 7.35. The predicted octanol–water partition coefficient (Wildman–Crippen LogP) is 4.08. The third kappa shape index (κ3) is 7.82. The van der Waals surface area contributed by atoms with Gasteiger partial charge in [-0.1, -0.05) is 59.3 Å². The molecule has 0 aromatic heterocycles. The molecule has 0 heterocycles. The monoisotopic (exact) mass is 316 g/mol. The molecule has 0 saturated carbocycles. The van der Waals surface area contributed by atoms with E-state index in [0.29, 0.717) is 19.5 Å². The van der Waals surface area contributed by atoms with Gasteiger partial charge in [0.2, 0.25) is 10.0 Å². The summed E-state index contributed by atoms with van der Waals surface area (Å²) in [5, 5.41) is 8.35. The van der Waals surface area contributed by atoms with Gasteiger partial charge in [0.05, 0.1) is 6.07 Å². The topological polar surface area (TPSA) is 61.2 Å². The van der Waals surface area contributed by atoms with Gasteiger partial charge >= 0.3 is 0 Å². The van der Waals surface area contributed by atoms with E-state index in [2.05, 4.69) is 13.8 Å². The van der Waals surface area contributed by atoms with Gasteiger partial charge in [-0.05, 0) is 19.3 Å². The van der Waals surface area contributed by atoms with E-state index in [0.717, 1.165) is 51.4 Å². The smallest absolute Gasteiger partial charge is 0.211 e. The van der Waals surface area contributed by atoms with Crippen LogP contribution in [0.1, 0.15) is 78.6 Å². The van der Waals surface area contributed by atoms with Crippen molar-refractivity contribution in [3.05, 3.63) is 0 Å². The fourth-order valence-corrected chi connectivity index (χ4v) is 4.02. The summed E-state index contributed by atoms with van der Waals surface area (Å²) in [7, 11) is -3.47. The Morgan fingerprint density at radius 1 is 0.905 bits per heavy atom. The van der Waals surface area contributed by atoms with Crippen LogP contribution in [0.2, 0.25) is 0 Å². The molecule has 0 aromatic rings. The van der Waals surface area contributed by atoms with Gasteiger partial charge in [-0.25, -0.2) is 12.7 Å². The van der Waals surface area contributed by atoms with Crippen molar-refractivity contribution in [1.29, 1.82) is 5.26 Å². The first kappa shape index (κ1) is 20.4. The first-order valence-electron chi connectivity index (χ1n) is 8.43. The normalized spacial score (nSPS) is 13.3. The summed E-state index contributed by atoms with van der Waals surface area (Å²) < 4.78 is 26.9. The first-order chi connectivity index (χ1) is 10.0. The summed E-state index contributed by atoms with van der Waals surface area (Å²) in [6, 6.07) is 2.01. The second kappa shape index (κ2) is 12.0. The molecule has 124 valence electrons. The van der Waals surface area contributed by atoms with Crippen LogP contribution >= 0.6 is 0 Å². The molecule has 0 amide bonds. The van der Waals surface area contributed by atoms with Crippen LogP contribution in [0.4, 0.5) is 0 Å². The van der Waals surface area contributed by atoms with Crippen molar-refractivity contribution >= 4 is 10.0 Å². The third-order valence-corrected chi connectivity index (χ3v) is 5.85. The van der Waals surface area contributed by atoms with E-state index in [1.165, 1.54) is 0 Å². The quantitative estimate of drug-likeness (QED) is 0.481. The molecule has 0 aliphatic heterocycles. The molecule has 0 aliphatic rings. The zero-order valence-electron chi connectivity index (χ0n) is 14.0. The van der Waals surface area contributed by atoms with E-state index in [9.17, 15) is 13.7 Å². The van der Waals surface area contributed by atoms with Gasteiger partial charge in [0.25, 0.3) is 0 Å². The van der Waals surface area contributed by atoms with E-state index < -0.39 is 15.3 Å². The molecule has 21 heavy (non-hydrogen) atoms.